The molecule has 4 heteroatoms. The van der Waals surface area contributed by atoms with Crippen LogP contribution in [0.3, 0.4) is 0 Å². The van der Waals surface area contributed by atoms with E-state index in [1.165, 1.54) is 0 Å². The Hall–Kier alpha value is -0.660. The molecular weight excluding hydrogens is 232 g/mol. The van der Waals surface area contributed by atoms with Crippen LogP contribution in [0, 0.1) is 17.8 Å². The summed E-state index contributed by atoms with van der Waals surface area (Å²) in [5.41, 5.74) is 6.09. The lowest BCUT2D eigenvalue weighted by molar-refractivity contribution is -0.121. The smallest absolute Gasteiger partial charge is 0.221 e. The molecule has 1 amide bonds. The number of terminal acetylenes is 1. The first-order valence-corrected chi connectivity index (χ1v) is 7.04. The molecular formula is C13H24N2OS. The molecule has 0 spiro atoms. The molecule has 0 aliphatic rings. The summed E-state index contributed by atoms with van der Waals surface area (Å²) in [4.78, 5) is 11.5. The van der Waals surface area contributed by atoms with Crippen molar-refractivity contribution in [3.8, 4) is 12.3 Å². The third-order valence-corrected chi connectivity index (χ3v) is 2.94. The fourth-order valence-corrected chi connectivity index (χ4v) is 2.07. The number of rotatable bonds is 7. The second-order valence-electron chi connectivity index (χ2n) is 5.34. The van der Waals surface area contributed by atoms with Gasteiger partial charge in [-0.2, -0.15) is 0 Å². The molecule has 0 heterocycles. The van der Waals surface area contributed by atoms with E-state index in [0.717, 1.165) is 12.2 Å². The van der Waals surface area contributed by atoms with Crippen LogP contribution in [-0.2, 0) is 4.79 Å². The molecule has 0 radical (unpaired) electrons. The van der Waals surface area contributed by atoms with E-state index in [2.05, 4.69) is 32.0 Å². The summed E-state index contributed by atoms with van der Waals surface area (Å²) < 4.78 is 0. The zero-order chi connectivity index (χ0) is 13.3. The van der Waals surface area contributed by atoms with Gasteiger partial charge in [-0.25, -0.2) is 0 Å². The van der Waals surface area contributed by atoms with Crippen molar-refractivity contribution in [2.45, 2.75) is 39.7 Å². The predicted molar refractivity (Wildman–Crippen MR) is 75.8 cm³/mol. The van der Waals surface area contributed by atoms with Crippen LogP contribution in [-0.4, -0.2) is 30.0 Å². The SMILES string of the molecule is C#CCSCCNC(=O)CC(N)CC(C)(C)C. The van der Waals surface area contributed by atoms with Crippen LogP contribution in [0.25, 0.3) is 0 Å². The maximum absolute atomic E-state index is 11.5. The summed E-state index contributed by atoms with van der Waals surface area (Å²) in [6, 6.07) is -0.0617. The summed E-state index contributed by atoms with van der Waals surface area (Å²) in [6.45, 7) is 7.04. The van der Waals surface area contributed by atoms with Gasteiger partial charge in [-0.15, -0.1) is 18.2 Å². The van der Waals surface area contributed by atoms with Gasteiger partial charge in [0.2, 0.25) is 5.91 Å². The van der Waals surface area contributed by atoms with Crippen molar-refractivity contribution in [1.82, 2.24) is 5.32 Å². The maximum Gasteiger partial charge on any atom is 0.221 e. The van der Waals surface area contributed by atoms with Gasteiger partial charge in [0.25, 0.3) is 0 Å². The molecule has 0 aromatic rings. The number of hydrogen-bond acceptors (Lipinski definition) is 3. The number of carbonyl (C=O) groups is 1. The quantitative estimate of drug-likeness (QED) is 0.537. The Morgan fingerprint density at radius 3 is 2.71 bits per heavy atom. The summed E-state index contributed by atoms with van der Waals surface area (Å²) in [7, 11) is 0. The van der Waals surface area contributed by atoms with Crippen LogP contribution >= 0.6 is 11.8 Å². The van der Waals surface area contributed by atoms with Crippen molar-refractivity contribution in [2.75, 3.05) is 18.1 Å². The Bertz CT molecular complexity index is 266. The highest BCUT2D eigenvalue weighted by molar-refractivity contribution is 7.99. The average molecular weight is 256 g/mol. The lowest BCUT2D eigenvalue weighted by Gasteiger charge is -2.22. The van der Waals surface area contributed by atoms with Crippen LogP contribution in [0.15, 0.2) is 0 Å². The summed E-state index contributed by atoms with van der Waals surface area (Å²) in [5, 5.41) is 2.85. The molecule has 1 atom stereocenters. The Kier molecular flexibility index (Phi) is 8.11. The largest absolute Gasteiger partial charge is 0.355 e. The standard InChI is InChI=1S/C13H24N2OS/c1-5-7-17-8-6-15-12(16)9-11(14)10-13(2,3)4/h1,11H,6-10,14H2,2-4H3,(H,15,16). The number of hydrogen-bond donors (Lipinski definition) is 2. The van der Waals surface area contributed by atoms with E-state index >= 15 is 0 Å². The van der Waals surface area contributed by atoms with Crippen molar-refractivity contribution >= 4 is 17.7 Å². The summed E-state index contributed by atoms with van der Waals surface area (Å²) in [5.74, 6) is 4.12. The molecule has 17 heavy (non-hydrogen) atoms. The molecule has 0 aromatic carbocycles. The minimum atomic E-state index is -0.0617. The molecule has 0 rings (SSSR count). The molecule has 0 aromatic heterocycles. The summed E-state index contributed by atoms with van der Waals surface area (Å²) >= 11 is 1.64. The first-order chi connectivity index (χ1) is 7.85. The lowest BCUT2D eigenvalue weighted by Crippen LogP contribution is -2.35. The second kappa shape index (κ2) is 8.43. The predicted octanol–water partition coefficient (Wildman–Crippen LogP) is 1.62. The minimum Gasteiger partial charge on any atom is -0.355 e. The van der Waals surface area contributed by atoms with Gasteiger partial charge in [0.1, 0.15) is 0 Å². The van der Waals surface area contributed by atoms with Crippen molar-refractivity contribution < 1.29 is 4.79 Å². The van der Waals surface area contributed by atoms with Crippen LogP contribution in [0.2, 0.25) is 0 Å². The van der Waals surface area contributed by atoms with Gasteiger partial charge in [0.05, 0.1) is 5.75 Å². The van der Waals surface area contributed by atoms with Gasteiger partial charge < -0.3 is 11.1 Å². The fourth-order valence-electron chi connectivity index (χ4n) is 1.56. The highest BCUT2D eigenvalue weighted by atomic mass is 32.2. The molecule has 0 aliphatic carbocycles. The van der Waals surface area contributed by atoms with Crippen LogP contribution in [0.1, 0.15) is 33.6 Å². The Morgan fingerprint density at radius 1 is 1.53 bits per heavy atom. The molecule has 0 fully saturated rings. The highest BCUT2D eigenvalue weighted by Crippen LogP contribution is 2.20. The number of nitrogens with one attached hydrogen (secondary N) is 1. The molecule has 0 saturated carbocycles. The molecule has 1 unspecified atom stereocenters. The topological polar surface area (TPSA) is 55.1 Å². The van der Waals surface area contributed by atoms with Crippen LogP contribution in [0.5, 0.6) is 0 Å². The summed E-state index contributed by atoms with van der Waals surface area (Å²) in [6.07, 6.45) is 6.37. The van der Waals surface area contributed by atoms with Gasteiger partial charge in [0, 0.05) is 24.8 Å². The van der Waals surface area contributed by atoms with Crippen LogP contribution < -0.4 is 11.1 Å². The highest BCUT2D eigenvalue weighted by Gasteiger charge is 2.17. The van der Waals surface area contributed by atoms with Crippen molar-refractivity contribution in [2.24, 2.45) is 11.1 Å². The van der Waals surface area contributed by atoms with Crippen molar-refractivity contribution in [1.29, 1.82) is 0 Å². The molecule has 0 bridgehead atoms. The molecule has 3 nitrogen and oxygen atoms in total. The monoisotopic (exact) mass is 256 g/mol. The number of thioether (sulfide) groups is 1. The van der Waals surface area contributed by atoms with E-state index in [-0.39, 0.29) is 17.4 Å². The van der Waals surface area contributed by atoms with Gasteiger partial charge >= 0.3 is 0 Å². The minimum absolute atomic E-state index is 0.0306. The average Bonchev–Trinajstić information content (AvgIpc) is 2.14. The third-order valence-electron chi connectivity index (χ3n) is 2.08. The van der Waals surface area contributed by atoms with Crippen molar-refractivity contribution in [3.63, 3.8) is 0 Å². The molecule has 3 N–H and O–H groups in total. The lowest BCUT2D eigenvalue weighted by atomic mass is 9.87. The van der Waals surface area contributed by atoms with E-state index in [1.54, 1.807) is 11.8 Å². The van der Waals surface area contributed by atoms with Crippen LogP contribution in [0.4, 0.5) is 0 Å². The van der Waals surface area contributed by atoms with Gasteiger partial charge in [0.15, 0.2) is 0 Å². The van der Waals surface area contributed by atoms with E-state index < -0.39 is 0 Å². The third kappa shape index (κ3) is 11.6. The number of amides is 1. The second-order valence-corrected chi connectivity index (χ2v) is 6.44. The van der Waals surface area contributed by atoms with E-state index in [0.29, 0.717) is 18.7 Å². The Morgan fingerprint density at radius 2 is 2.18 bits per heavy atom. The number of nitrogens with two attached hydrogens (primary N) is 1. The zero-order valence-corrected chi connectivity index (χ0v) is 11.9. The van der Waals surface area contributed by atoms with Gasteiger partial charge in [-0.3, -0.25) is 4.79 Å². The normalized spacial score (nSPS) is 12.9. The van der Waals surface area contributed by atoms with E-state index in [4.69, 9.17) is 12.2 Å². The van der Waals surface area contributed by atoms with E-state index in [1.807, 2.05) is 0 Å². The van der Waals surface area contributed by atoms with Gasteiger partial charge in [-0.05, 0) is 11.8 Å². The van der Waals surface area contributed by atoms with E-state index in [9.17, 15) is 4.79 Å². The maximum atomic E-state index is 11.5. The Labute approximate surface area is 109 Å². The molecule has 0 saturated heterocycles. The Balaban J connectivity index is 3.62. The van der Waals surface area contributed by atoms with Gasteiger partial charge in [-0.1, -0.05) is 26.7 Å². The zero-order valence-electron chi connectivity index (χ0n) is 11.1. The molecule has 98 valence electrons. The fraction of sp³-hybridized carbons (Fsp3) is 0.769. The number of carbonyl (C=O) groups excluding carboxylic acids is 1. The van der Waals surface area contributed by atoms with Crippen molar-refractivity contribution in [3.05, 3.63) is 0 Å². The first kappa shape index (κ1) is 16.3. The molecule has 0 aliphatic heterocycles. The first-order valence-electron chi connectivity index (χ1n) is 5.88.